The quantitative estimate of drug-likeness (QED) is 0.549. The van der Waals surface area contributed by atoms with Gasteiger partial charge in [-0.05, 0) is 25.7 Å². The van der Waals surface area contributed by atoms with Gasteiger partial charge in [-0.3, -0.25) is 0 Å². The summed E-state index contributed by atoms with van der Waals surface area (Å²) < 4.78 is 27.7. The molecule has 1 fully saturated rings. The lowest BCUT2D eigenvalue weighted by Gasteiger charge is -2.15. The number of hydrogen-bond acceptors (Lipinski definition) is 2. The minimum Gasteiger partial charge on any atom is -0.202 e. The Morgan fingerprint density at radius 2 is 1.69 bits per heavy atom. The SMILES string of the molecule is O=S(=O)(NCCCCCCBr)N1CCCC1. The highest BCUT2D eigenvalue weighted by atomic mass is 79.9. The number of nitrogens with one attached hydrogen (secondary N) is 1. The van der Waals surface area contributed by atoms with Crippen molar-refractivity contribution in [1.29, 1.82) is 0 Å². The molecule has 0 aromatic carbocycles. The highest BCUT2D eigenvalue weighted by Crippen LogP contribution is 2.11. The molecule has 0 atom stereocenters. The molecule has 96 valence electrons. The van der Waals surface area contributed by atoms with Crippen molar-refractivity contribution < 1.29 is 8.42 Å². The summed E-state index contributed by atoms with van der Waals surface area (Å²) in [6, 6.07) is 0. The molecule has 0 radical (unpaired) electrons. The van der Waals surface area contributed by atoms with Gasteiger partial charge in [-0.15, -0.1) is 0 Å². The second kappa shape index (κ2) is 7.63. The van der Waals surface area contributed by atoms with Gasteiger partial charge in [0.05, 0.1) is 0 Å². The van der Waals surface area contributed by atoms with Gasteiger partial charge in [0.25, 0.3) is 10.2 Å². The molecular weight excluding hydrogens is 292 g/mol. The van der Waals surface area contributed by atoms with Crippen LogP contribution in [0.1, 0.15) is 38.5 Å². The van der Waals surface area contributed by atoms with E-state index in [9.17, 15) is 8.42 Å². The van der Waals surface area contributed by atoms with E-state index in [4.69, 9.17) is 0 Å². The molecule has 0 spiro atoms. The van der Waals surface area contributed by atoms with Gasteiger partial charge in [0.15, 0.2) is 0 Å². The maximum Gasteiger partial charge on any atom is 0.279 e. The molecule has 1 heterocycles. The summed E-state index contributed by atoms with van der Waals surface area (Å²) in [7, 11) is -3.18. The molecule has 16 heavy (non-hydrogen) atoms. The van der Waals surface area contributed by atoms with Gasteiger partial charge in [-0.25, -0.2) is 4.72 Å². The molecule has 0 bridgehead atoms. The Morgan fingerprint density at radius 3 is 2.31 bits per heavy atom. The third kappa shape index (κ3) is 5.12. The maximum absolute atomic E-state index is 11.7. The molecule has 1 rings (SSSR count). The van der Waals surface area contributed by atoms with Gasteiger partial charge < -0.3 is 0 Å². The fourth-order valence-corrected chi connectivity index (χ4v) is 3.51. The van der Waals surface area contributed by atoms with Crippen LogP contribution in [-0.2, 0) is 10.2 Å². The van der Waals surface area contributed by atoms with Crippen molar-refractivity contribution in [3.8, 4) is 0 Å². The minimum absolute atomic E-state index is 0.571. The molecule has 1 N–H and O–H groups in total. The monoisotopic (exact) mass is 312 g/mol. The first-order chi connectivity index (χ1) is 7.67. The van der Waals surface area contributed by atoms with Gasteiger partial charge in [-0.2, -0.15) is 12.7 Å². The van der Waals surface area contributed by atoms with Gasteiger partial charge in [0, 0.05) is 25.0 Å². The van der Waals surface area contributed by atoms with Crippen LogP contribution in [0.2, 0.25) is 0 Å². The summed E-state index contributed by atoms with van der Waals surface area (Å²) in [6.45, 7) is 1.93. The zero-order valence-corrected chi connectivity index (χ0v) is 12.0. The second-order valence-corrected chi connectivity index (χ2v) is 6.66. The van der Waals surface area contributed by atoms with Crippen LogP contribution in [0.5, 0.6) is 0 Å². The van der Waals surface area contributed by atoms with E-state index in [0.29, 0.717) is 19.6 Å². The van der Waals surface area contributed by atoms with Crippen LogP contribution in [0.4, 0.5) is 0 Å². The smallest absolute Gasteiger partial charge is 0.202 e. The van der Waals surface area contributed by atoms with E-state index in [1.165, 1.54) is 6.42 Å². The van der Waals surface area contributed by atoms with Crippen molar-refractivity contribution in [2.45, 2.75) is 38.5 Å². The van der Waals surface area contributed by atoms with Crippen molar-refractivity contribution in [3.63, 3.8) is 0 Å². The summed E-state index contributed by atoms with van der Waals surface area (Å²) in [5.74, 6) is 0. The van der Waals surface area contributed by atoms with E-state index in [1.807, 2.05) is 0 Å². The van der Waals surface area contributed by atoms with Gasteiger partial charge in [-0.1, -0.05) is 28.8 Å². The standard InChI is InChI=1S/C10H21BrN2O2S/c11-7-3-1-2-4-8-12-16(14,15)13-9-5-6-10-13/h12H,1-10H2. The molecule has 0 aromatic rings. The lowest BCUT2D eigenvalue weighted by molar-refractivity contribution is 0.463. The fraction of sp³-hybridized carbons (Fsp3) is 1.00. The Hall–Kier alpha value is 0.350. The molecule has 0 amide bonds. The number of hydrogen-bond donors (Lipinski definition) is 1. The molecule has 0 aliphatic carbocycles. The van der Waals surface area contributed by atoms with E-state index in [1.54, 1.807) is 4.31 Å². The maximum atomic E-state index is 11.7. The lowest BCUT2D eigenvalue weighted by Crippen LogP contribution is -2.39. The van der Waals surface area contributed by atoms with Crippen LogP contribution in [0.3, 0.4) is 0 Å². The van der Waals surface area contributed by atoms with E-state index in [0.717, 1.165) is 37.4 Å². The Bertz CT molecular complexity index is 277. The zero-order chi connectivity index (χ0) is 11.9. The average Bonchev–Trinajstić information content (AvgIpc) is 2.77. The van der Waals surface area contributed by atoms with Crippen LogP contribution < -0.4 is 4.72 Å². The van der Waals surface area contributed by atoms with E-state index < -0.39 is 10.2 Å². The minimum atomic E-state index is -3.18. The number of halogens is 1. The Morgan fingerprint density at radius 1 is 1.06 bits per heavy atom. The van der Waals surface area contributed by atoms with Gasteiger partial charge in [0.2, 0.25) is 0 Å². The Balaban J connectivity index is 2.11. The Kier molecular flexibility index (Phi) is 6.87. The lowest BCUT2D eigenvalue weighted by atomic mass is 10.2. The molecule has 4 nitrogen and oxygen atoms in total. The predicted molar refractivity (Wildman–Crippen MR) is 70.0 cm³/mol. The summed E-state index contributed by atoms with van der Waals surface area (Å²) >= 11 is 3.38. The van der Waals surface area contributed by atoms with Crippen molar-refractivity contribution in [3.05, 3.63) is 0 Å². The highest BCUT2D eigenvalue weighted by Gasteiger charge is 2.24. The van der Waals surface area contributed by atoms with E-state index >= 15 is 0 Å². The molecule has 1 aliphatic rings. The largest absolute Gasteiger partial charge is 0.279 e. The second-order valence-electron chi connectivity index (χ2n) is 4.11. The molecule has 0 aromatic heterocycles. The molecule has 6 heteroatoms. The van der Waals surface area contributed by atoms with E-state index in [2.05, 4.69) is 20.7 Å². The summed E-state index contributed by atoms with van der Waals surface area (Å²) in [5.41, 5.74) is 0. The van der Waals surface area contributed by atoms with Crippen molar-refractivity contribution >= 4 is 26.1 Å². The topological polar surface area (TPSA) is 49.4 Å². The van der Waals surface area contributed by atoms with Crippen LogP contribution in [0.25, 0.3) is 0 Å². The molecule has 1 saturated heterocycles. The normalized spacial score (nSPS) is 18.1. The van der Waals surface area contributed by atoms with Crippen LogP contribution in [0, 0.1) is 0 Å². The highest BCUT2D eigenvalue weighted by molar-refractivity contribution is 9.09. The third-order valence-corrected chi connectivity index (χ3v) is 4.92. The summed E-state index contributed by atoms with van der Waals surface area (Å²) in [4.78, 5) is 0. The van der Waals surface area contributed by atoms with Crippen molar-refractivity contribution in [2.75, 3.05) is 25.0 Å². The number of alkyl halides is 1. The first kappa shape index (κ1) is 14.4. The third-order valence-electron chi connectivity index (χ3n) is 2.75. The number of unbranched alkanes of at least 4 members (excludes halogenated alkanes) is 3. The van der Waals surface area contributed by atoms with E-state index in [-0.39, 0.29) is 0 Å². The zero-order valence-electron chi connectivity index (χ0n) is 9.62. The summed E-state index contributed by atoms with van der Waals surface area (Å²) in [5, 5.41) is 1.03. The first-order valence-electron chi connectivity index (χ1n) is 5.97. The molecule has 0 saturated carbocycles. The number of rotatable bonds is 8. The molecular formula is C10H21BrN2O2S. The fourth-order valence-electron chi connectivity index (χ4n) is 1.79. The Labute approximate surface area is 107 Å². The average molecular weight is 313 g/mol. The first-order valence-corrected chi connectivity index (χ1v) is 8.53. The number of nitrogens with zero attached hydrogens (tertiary/aromatic N) is 1. The molecule has 0 unspecified atom stereocenters. The van der Waals surface area contributed by atoms with Gasteiger partial charge >= 0.3 is 0 Å². The summed E-state index contributed by atoms with van der Waals surface area (Å²) in [6.07, 6.45) is 6.34. The van der Waals surface area contributed by atoms with Crippen LogP contribution in [-0.4, -0.2) is 37.7 Å². The predicted octanol–water partition coefficient (Wildman–Crippen LogP) is 1.87. The van der Waals surface area contributed by atoms with Gasteiger partial charge in [0.1, 0.15) is 0 Å². The van der Waals surface area contributed by atoms with Crippen LogP contribution in [0.15, 0.2) is 0 Å². The molecule has 1 aliphatic heterocycles. The van der Waals surface area contributed by atoms with Crippen molar-refractivity contribution in [2.24, 2.45) is 0 Å². The van der Waals surface area contributed by atoms with Crippen LogP contribution >= 0.6 is 15.9 Å². The van der Waals surface area contributed by atoms with Crippen molar-refractivity contribution in [1.82, 2.24) is 9.03 Å².